The molecular weight excluding hydrogens is 414 g/mol. The predicted octanol–water partition coefficient (Wildman–Crippen LogP) is 7.65. The number of hydrogen-bond acceptors (Lipinski definition) is 5. The Morgan fingerprint density at radius 1 is 0.879 bits per heavy atom. The number of benzene rings is 2. The van der Waals surface area contributed by atoms with Gasteiger partial charge in [-0.2, -0.15) is 4.91 Å². The Kier molecular flexibility index (Phi) is 7.08. The average molecular weight is 452 g/mol. The van der Waals surface area contributed by atoms with Crippen LogP contribution in [0.3, 0.4) is 0 Å². The first-order valence-corrected chi connectivity index (χ1v) is 12.4. The van der Waals surface area contributed by atoms with Crippen molar-refractivity contribution in [3.63, 3.8) is 0 Å². The first-order chi connectivity index (χ1) is 15.8. The van der Waals surface area contributed by atoms with E-state index in [1.165, 1.54) is 30.4 Å². The van der Waals surface area contributed by atoms with Crippen molar-refractivity contribution in [1.82, 2.24) is 0 Å². The fourth-order valence-electron chi connectivity index (χ4n) is 5.17. The lowest BCUT2D eigenvalue weighted by molar-refractivity contribution is -0.228. The zero-order valence-corrected chi connectivity index (χ0v) is 20.7. The normalized spacial score (nSPS) is 18.7. The molecule has 0 aromatic heterocycles. The van der Waals surface area contributed by atoms with E-state index in [1.807, 2.05) is 0 Å². The second-order valence-electron chi connectivity index (χ2n) is 10.5. The van der Waals surface area contributed by atoms with Crippen molar-refractivity contribution in [3.8, 4) is 11.5 Å². The number of hydrogen-bond donors (Lipinski definition) is 0. The van der Waals surface area contributed by atoms with Crippen molar-refractivity contribution >= 4 is 0 Å². The Balaban J connectivity index is 1.58. The SMILES string of the molecule is CCCCCc1cc(C)c2c(c1)C1Oc3c(C)cc(CC(C)(C)CCCN=O)cc3C(O2)O1. The third-order valence-corrected chi connectivity index (χ3v) is 6.79. The van der Waals surface area contributed by atoms with E-state index in [9.17, 15) is 4.91 Å². The summed E-state index contributed by atoms with van der Waals surface area (Å²) >= 11 is 0. The molecule has 2 bridgehead atoms. The molecule has 0 aliphatic carbocycles. The van der Waals surface area contributed by atoms with Crippen LogP contribution >= 0.6 is 0 Å². The van der Waals surface area contributed by atoms with Gasteiger partial charge in [-0.05, 0) is 85.8 Å². The average Bonchev–Trinajstić information content (AvgIpc) is 2.75. The monoisotopic (exact) mass is 451 g/mol. The Hall–Kier alpha value is -2.40. The van der Waals surface area contributed by atoms with Crippen LogP contribution < -0.4 is 9.47 Å². The molecule has 0 amide bonds. The van der Waals surface area contributed by atoms with Crippen LogP contribution in [0.25, 0.3) is 0 Å². The van der Waals surface area contributed by atoms with Crippen LogP contribution in [0, 0.1) is 24.2 Å². The minimum Gasteiger partial charge on any atom is -0.459 e. The minimum atomic E-state index is -0.461. The van der Waals surface area contributed by atoms with Crippen LogP contribution in [-0.4, -0.2) is 6.54 Å². The molecule has 2 aromatic rings. The van der Waals surface area contributed by atoms with Gasteiger partial charge in [-0.15, -0.1) is 0 Å². The van der Waals surface area contributed by atoms with Gasteiger partial charge in [-0.3, -0.25) is 4.74 Å². The smallest absolute Gasteiger partial charge is 0.233 e. The zero-order valence-electron chi connectivity index (χ0n) is 20.7. The van der Waals surface area contributed by atoms with Crippen molar-refractivity contribution < 1.29 is 14.2 Å². The molecule has 2 atom stereocenters. The topological polar surface area (TPSA) is 57.1 Å². The molecule has 0 fully saturated rings. The maximum absolute atomic E-state index is 10.5. The van der Waals surface area contributed by atoms with E-state index in [1.54, 1.807) is 0 Å². The molecule has 0 N–H and O–H groups in total. The first-order valence-electron chi connectivity index (χ1n) is 12.4. The summed E-state index contributed by atoms with van der Waals surface area (Å²) in [5.74, 6) is 1.77. The van der Waals surface area contributed by atoms with Gasteiger partial charge in [0.05, 0.1) is 17.7 Å². The van der Waals surface area contributed by atoms with Crippen LogP contribution in [0.4, 0.5) is 0 Å². The van der Waals surface area contributed by atoms with E-state index in [2.05, 4.69) is 64.1 Å². The summed E-state index contributed by atoms with van der Waals surface area (Å²) in [5, 5.41) is 3.00. The van der Waals surface area contributed by atoms with Gasteiger partial charge in [0.15, 0.2) is 0 Å². The maximum atomic E-state index is 10.5. The van der Waals surface area contributed by atoms with Gasteiger partial charge >= 0.3 is 0 Å². The molecule has 2 heterocycles. The zero-order chi connectivity index (χ0) is 23.6. The highest BCUT2D eigenvalue weighted by Crippen LogP contribution is 2.50. The lowest BCUT2D eigenvalue weighted by Gasteiger charge is -2.39. The number of nitroso groups, excluding NO2 is 1. The Labute approximate surface area is 197 Å². The fourth-order valence-corrected chi connectivity index (χ4v) is 5.17. The van der Waals surface area contributed by atoms with E-state index in [4.69, 9.17) is 14.2 Å². The number of aryl methyl sites for hydroxylation is 3. The van der Waals surface area contributed by atoms with Gasteiger partial charge < -0.3 is 9.47 Å². The number of unbranched alkanes of at least 4 members (excludes halogenated alkanes) is 2. The summed E-state index contributed by atoms with van der Waals surface area (Å²) in [6.07, 6.45) is 6.50. The standard InChI is InChI=1S/C28H37NO4/c1-6-7-8-10-20-13-18(2)24-22(15-20)26-32-25-19(3)14-21(16-23(25)27(31-24)33-26)17-28(4,5)11-9-12-29-30/h13-16,26-27H,6-12,17H2,1-5H3. The summed E-state index contributed by atoms with van der Waals surface area (Å²) in [7, 11) is 0. The van der Waals surface area contributed by atoms with Crippen molar-refractivity contribution in [1.29, 1.82) is 0 Å². The molecule has 0 saturated carbocycles. The van der Waals surface area contributed by atoms with Crippen LogP contribution in [0.5, 0.6) is 11.5 Å². The molecule has 2 aliphatic rings. The highest BCUT2D eigenvalue weighted by molar-refractivity contribution is 5.51. The number of fused-ring (bicyclic) bond motifs is 6. The van der Waals surface area contributed by atoms with Gasteiger partial charge in [0.2, 0.25) is 12.6 Å². The second-order valence-corrected chi connectivity index (χ2v) is 10.5. The third-order valence-electron chi connectivity index (χ3n) is 6.79. The van der Waals surface area contributed by atoms with E-state index >= 15 is 0 Å². The molecule has 5 heteroatoms. The summed E-state index contributed by atoms with van der Waals surface area (Å²) < 4.78 is 19.1. The lowest BCUT2D eigenvalue weighted by Crippen LogP contribution is -2.31. The molecule has 0 spiro atoms. The molecule has 2 aromatic carbocycles. The third kappa shape index (κ3) is 5.24. The Bertz CT molecular complexity index is 1010. The summed E-state index contributed by atoms with van der Waals surface area (Å²) in [6, 6.07) is 8.83. The van der Waals surface area contributed by atoms with Crippen molar-refractivity contribution in [2.24, 2.45) is 10.6 Å². The van der Waals surface area contributed by atoms with Crippen molar-refractivity contribution in [2.45, 2.75) is 92.1 Å². The lowest BCUT2D eigenvalue weighted by atomic mass is 9.81. The highest BCUT2D eigenvalue weighted by Gasteiger charge is 2.39. The number of nitrogens with zero attached hydrogens (tertiary/aromatic N) is 1. The fraction of sp³-hybridized carbons (Fsp3) is 0.571. The predicted molar refractivity (Wildman–Crippen MR) is 131 cm³/mol. The van der Waals surface area contributed by atoms with Crippen LogP contribution in [0.15, 0.2) is 29.4 Å². The van der Waals surface area contributed by atoms with E-state index in [-0.39, 0.29) is 5.41 Å². The number of rotatable bonds is 10. The number of ether oxygens (including phenoxy) is 3. The molecule has 2 aliphatic heterocycles. The van der Waals surface area contributed by atoms with Gasteiger partial charge in [-0.25, -0.2) is 0 Å². The molecule has 33 heavy (non-hydrogen) atoms. The summed E-state index contributed by atoms with van der Waals surface area (Å²) in [6.45, 7) is 11.3. The molecule has 2 unspecified atom stereocenters. The van der Waals surface area contributed by atoms with Crippen molar-refractivity contribution in [2.75, 3.05) is 6.54 Å². The molecule has 178 valence electrons. The van der Waals surface area contributed by atoms with Crippen LogP contribution in [-0.2, 0) is 17.6 Å². The van der Waals surface area contributed by atoms with Gasteiger partial charge in [0, 0.05) is 0 Å². The second kappa shape index (κ2) is 9.84. The Morgan fingerprint density at radius 2 is 1.48 bits per heavy atom. The molecular formula is C28H37NO4. The molecule has 5 nitrogen and oxygen atoms in total. The van der Waals surface area contributed by atoms with Crippen molar-refractivity contribution in [3.05, 3.63) is 62.6 Å². The molecule has 0 radical (unpaired) electrons. The summed E-state index contributed by atoms with van der Waals surface area (Å²) in [4.78, 5) is 10.5. The summed E-state index contributed by atoms with van der Waals surface area (Å²) in [5.41, 5.74) is 6.84. The maximum Gasteiger partial charge on any atom is 0.233 e. The van der Waals surface area contributed by atoms with Crippen LogP contribution in [0.2, 0.25) is 0 Å². The van der Waals surface area contributed by atoms with Gasteiger partial charge in [0.25, 0.3) is 0 Å². The molecule has 4 rings (SSSR count). The Morgan fingerprint density at radius 3 is 2.09 bits per heavy atom. The van der Waals surface area contributed by atoms with Gasteiger partial charge in [-0.1, -0.05) is 50.9 Å². The van der Waals surface area contributed by atoms with Crippen LogP contribution in [0.1, 0.15) is 98.8 Å². The first kappa shape index (κ1) is 23.7. The van der Waals surface area contributed by atoms with E-state index in [0.29, 0.717) is 6.54 Å². The highest BCUT2D eigenvalue weighted by atomic mass is 16.8. The van der Waals surface area contributed by atoms with E-state index < -0.39 is 12.6 Å². The minimum absolute atomic E-state index is 0.0784. The van der Waals surface area contributed by atoms with E-state index in [0.717, 1.165) is 59.4 Å². The quantitative estimate of drug-likeness (QED) is 0.275. The largest absolute Gasteiger partial charge is 0.459 e. The molecule has 0 saturated heterocycles. The van der Waals surface area contributed by atoms with Gasteiger partial charge in [0.1, 0.15) is 11.5 Å².